The molecule has 1 N–H and O–H groups in total. The highest BCUT2D eigenvalue weighted by Crippen LogP contribution is 2.32. The van der Waals surface area contributed by atoms with Crippen LogP contribution in [0.1, 0.15) is 31.2 Å². The Bertz CT molecular complexity index is 696. The van der Waals surface area contributed by atoms with Crippen LogP contribution in [-0.4, -0.2) is 57.2 Å². The van der Waals surface area contributed by atoms with Crippen LogP contribution >= 0.6 is 0 Å². The molecular formula is C19H26N6O. The van der Waals surface area contributed by atoms with Crippen molar-refractivity contribution in [2.45, 2.75) is 32.1 Å². The lowest BCUT2D eigenvalue weighted by Gasteiger charge is -2.34. The van der Waals surface area contributed by atoms with E-state index in [0.717, 1.165) is 50.5 Å². The maximum Gasteiger partial charge on any atom is 0.225 e. The molecule has 2 aromatic rings. The number of rotatable bonds is 5. The van der Waals surface area contributed by atoms with Crippen molar-refractivity contribution in [1.29, 1.82) is 0 Å². The number of H-pyrrole nitrogens is 1. The molecular weight excluding hydrogens is 328 g/mol. The van der Waals surface area contributed by atoms with Gasteiger partial charge in [-0.25, -0.2) is 9.97 Å². The summed E-state index contributed by atoms with van der Waals surface area (Å²) in [5.41, 5.74) is 1.10. The van der Waals surface area contributed by atoms with Gasteiger partial charge in [0, 0.05) is 51.2 Å². The minimum atomic E-state index is 0.281. The summed E-state index contributed by atoms with van der Waals surface area (Å²) in [6, 6.07) is 1.85. The molecule has 138 valence electrons. The molecule has 0 aliphatic carbocycles. The Hall–Kier alpha value is -2.44. The third-order valence-corrected chi connectivity index (χ3v) is 5.80. The Balaban J connectivity index is 1.23. The predicted molar refractivity (Wildman–Crippen MR) is 98.6 cm³/mol. The van der Waals surface area contributed by atoms with Gasteiger partial charge in [-0.3, -0.25) is 9.89 Å². The van der Waals surface area contributed by atoms with Crippen LogP contribution in [0.4, 0.5) is 5.95 Å². The molecule has 2 saturated heterocycles. The normalized spacial score (nSPS) is 21.3. The number of amides is 1. The van der Waals surface area contributed by atoms with Crippen LogP contribution in [0.3, 0.4) is 0 Å². The fourth-order valence-electron chi connectivity index (χ4n) is 4.25. The van der Waals surface area contributed by atoms with E-state index in [-0.39, 0.29) is 5.91 Å². The lowest BCUT2D eigenvalue weighted by Crippen LogP contribution is -2.38. The van der Waals surface area contributed by atoms with Crippen molar-refractivity contribution in [3.63, 3.8) is 0 Å². The van der Waals surface area contributed by atoms with Crippen LogP contribution in [0.15, 0.2) is 30.9 Å². The molecule has 0 radical (unpaired) electrons. The minimum Gasteiger partial charge on any atom is -0.342 e. The zero-order valence-electron chi connectivity index (χ0n) is 15.0. The van der Waals surface area contributed by atoms with Gasteiger partial charge in [0.15, 0.2) is 0 Å². The van der Waals surface area contributed by atoms with E-state index in [9.17, 15) is 4.79 Å². The van der Waals surface area contributed by atoms with E-state index in [4.69, 9.17) is 0 Å². The van der Waals surface area contributed by atoms with Crippen LogP contribution in [0.2, 0.25) is 0 Å². The summed E-state index contributed by atoms with van der Waals surface area (Å²) in [5, 5.41) is 6.74. The Morgan fingerprint density at radius 2 is 1.88 bits per heavy atom. The number of aromatic nitrogens is 4. The summed E-state index contributed by atoms with van der Waals surface area (Å²) in [5.74, 6) is 2.48. The second-order valence-electron chi connectivity index (χ2n) is 7.37. The van der Waals surface area contributed by atoms with Crippen molar-refractivity contribution in [3.05, 3.63) is 36.4 Å². The molecule has 0 unspecified atom stereocenters. The second-order valence-corrected chi connectivity index (χ2v) is 7.37. The Morgan fingerprint density at radius 3 is 2.62 bits per heavy atom. The summed E-state index contributed by atoms with van der Waals surface area (Å²) >= 11 is 0. The minimum absolute atomic E-state index is 0.281. The van der Waals surface area contributed by atoms with E-state index in [0.29, 0.717) is 18.3 Å². The van der Waals surface area contributed by atoms with Crippen molar-refractivity contribution in [1.82, 2.24) is 25.1 Å². The number of hydrogen-bond acceptors (Lipinski definition) is 5. The van der Waals surface area contributed by atoms with E-state index in [1.54, 1.807) is 18.6 Å². The molecule has 2 fully saturated rings. The van der Waals surface area contributed by atoms with Gasteiger partial charge in [0.05, 0.1) is 6.20 Å². The van der Waals surface area contributed by atoms with E-state index < -0.39 is 0 Å². The Kier molecular flexibility index (Phi) is 5.13. The van der Waals surface area contributed by atoms with Gasteiger partial charge in [-0.15, -0.1) is 0 Å². The van der Waals surface area contributed by atoms with Gasteiger partial charge in [-0.1, -0.05) is 0 Å². The van der Waals surface area contributed by atoms with Crippen molar-refractivity contribution in [2.75, 3.05) is 31.1 Å². The maximum absolute atomic E-state index is 12.5. The van der Waals surface area contributed by atoms with E-state index >= 15 is 0 Å². The van der Waals surface area contributed by atoms with Crippen LogP contribution in [0.5, 0.6) is 0 Å². The number of hydrogen-bond donors (Lipinski definition) is 1. The summed E-state index contributed by atoms with van der Waals surface area (Å²) in [4.78, 5) is 25.5. The van der Waals surface area contributed by atoms with Gasteiger partial charge in [0.1, 0.15) is 0 Å². The smallest absolute Gasteiger partial charge is 0.225 e. The first kappa shape index (κ1) is 17.0. The van der Waals surface area contributed by atoms with Gasteiger partial charge in [0.25, 0.3) is 0 Å². The fourth-order valence-corrected chi connectivity index (χ4v) is 4.25. The van der Waals surface area contributed by atoms with Crippen LogP contribution in [0.25, 0.3) is 0 Å². The van der Waals surface area contributed by atoms with Crippen LogP contribution < -0.4 is 4.90 Å². The molecule has 2 aliphatic rings. The van der Waals surface area contributed by atoms with Crippen LogP contribution in [0, 0.1) is 11.8 Å². The van der Waals surface area contributed by atoms with E-state index in [1.807, 2.05) is 12.3 Å². The third kappa shape index (κ3) is 3.86. The average Bonchev–Trinajstić information content (AvgIpc) is 3.39. The molecule has 4 heterocycles. The summed E-state index contributed by atoms with van der Waals surface area (Å²) < 4.78 is 0. The van der Waals surface area contributed by atoms with Crippen molar-refractivity contribution < 1.29 is 4.79 Å². The van der Waals surface area contributed by atoms with Crippen molar-refractivity contribution in [3.8, 4) is 0 Å². The van der Waals surface area contributed by atoms with Crippen molar-refractivity contribution in [2.24, 2.45) is 11.8 Å². The third-order valence-electron chi connectivity index (χ3n) is 5.80. The molecule has 0 aromatic carbocycles. The Labute approximate surface area is 153 Å². The van der Waals surface area contributed by atoms with E-state index in [2.05, 4.69) is 30.0 Å². The second kappa shape index (κ2) is 7.85. The number of likely N-dealkylation sites (tertiary alicyclic amines) is 1. The highest BCUT2D eigenvalue weighted by atomic mass is 16.2. The number of nitrogens with one attached hydrogen (secondary N) is 1. The lowest BCUT2D eigenvalue weighted by atomic mass is 9.84. The number of nitrogens with zero attached hydrogens (tertiary/aromatic N) is 5. The molecule has 0 spiro atoms. The van der Waals surface area contributed by atoms with Gasteiger partial charge in [0.2, 0.25) is 11.9 Å². The molecule has 4 rings (SSSR count). The first-order valence-electron chi connectivity index (χ1n) is 9.57. The van der Waals surface area contributed by atoms with Gasteiger partial charge in [-0.2, -0.15) is 5.10 Å². The first-order valence-corrected chi connectivity index (χ1v) is 9.57. The molecule has 7 heteroatoms. The lowest BCUT2D eigenvalue weighted by molar-refractivity contribution is -0.130. The van der Waals surface area contributed by atoms with Crippen LogP contribution in [-0.2, 0) is 11.2 Å². The average molecular weight is 354 g/mol. The SMILES string of the molecule is O=C(CCc1cn[nH]c1)N1CC[C@@H](C2CCN(c3ncccn3)CC2)C1. The quantitative estimate of drug-likeness (QED) is 0.887. The molecule has 2 aromatic heterocycles. The first-order chi connectivity index (χ1) is 12.8. The van der Waals surface area contributed by atoms with E-state index in [1.165, 1.54) is 12.8 Å². The number of carbonyl (C=O) groups excluding carboxylic acids is 1. The monoisotopic (exact) mass is 354 g/mol. The highest BCUT2D eigenvalue weighted by Gasteiger charge is 2.33. The number of piperidine rings is 1. The predicted octanol–water partition coefficient (Wildman–Crippen LogP) is 1.90. The molecule has 1 atom stereocenters. The standard InChI is InChI=1S/C19H26N6O/c26-18(3-2-15-12-22-23-13-15)25-11-6-17(14-25)16-4-9-24(10-5-16)19-20-7-1-8-21-19/h1,7-8,12-13,16-17H,2-6,9-11,14H2,(H,22,23)/t17-/m1/s1. The largest absolute Gasteiger partial charge is 0.342 e. The molecule has 7 nitrogen and oxygen atoms in total. The zero-order valence-corrected chi connectivity index (χ0v) is 15.0. The van der Waals surface area contributed by atoms with Gasteiger partial charge >= 0.3 is 0 Å². The summed E-state index contributed by atoms with van der Waals surface area (Å²) in [7, 11) is 0. The van der Waals surface area contributed by atoms with Crippen molar-refractivity contribution >= 4 is 11.9 Å². The number of anilines is 1. The number of aryl methyl sites for hydroxylation is 1. The van der Waals surface area contributed by atoms with Gasteiger partial charge in [-0.05, 0) is 49.1 Å². The molecule has 1 amide bonds. The number of aromatic amines is 1. The number of carbonyl (C=O) groups is 1. The highest BCUT2D eigenvalue weighted by molar-refractivity contribution is 5.76. The molecule has 0 saturated carbocycles. The Morgan fingerprint density at radius 1 is 1.12 bits per heavy atom. The summed E-state index contributed by atoms with van der Waals surface area (Å²) in [6.45, 7) is 3.87. The molecule has 26 heavy (non-hydrogen) atoms. The fraction of sp³-hybridized carbons (Fsp3) is 0.579. The zero-order chi connectivity index (χ0) is 17.8. The molecule has 0 bridgehead atoms. The topological polar surface area (TPSA) is 78.0 Å². The molecule has 2 aliphatic heterocycles. The van der Waals surface area contributed by atoms with Gasteiger partial charge < -0.3 is 9.80 Å². The summed E-state index contributed by atoms with van der Waals surface area (Å²) in [6.07, 6.45) is 12.1. The maximum atomic E-state index is 12.5.